The van der Waals surface area contributed by atoms with Crippen LogP contribution in [0.3, 0.4) is 0 Å². The predicted molar refractivity (Wildman–Crippen MR) is 94.1 cm³/mol. The number of aromatic amines is 1. The highest BCUT2D eigenvalue weighted by Crippen LogP contribution is 2.20. The molecule has 1 aromatic heterocycles. The van der Waals surface area contributed by atoms with Crippen LogP contribution in [0.2, 0.25) is 0 Å². The summed E-state index contributed by atoms with van der Waals surface area (Å²) in [7, 11) is 0. The third kappa shape index (κ3) is 3.81. The SMILES string of the molecule is Cc1ccc(OCC(=O)Nc2cccc(-c3ccn[nH]3)c2)cc1C. The Hall–Kier alpha value is -3.08. The van der Waals surface area contributed by atoms with Gasteiger partial charge >= 0.3 is 0 Å². The van der Waals surface area contributed by atoms with E-state index in [1.54, 1.807) is 6.20 Å². The Labute approximate surface area is 140 Å². The second-order valence-corrected chi connectivity index (χ2v) is 5.63. The molecule has 2 aromatic carbocycles. The molecule has 3 aromatic rings. The molecule has 1 heterocycles. The average molecular weight is 321 g/mol. The van der Waals surface area contributed by atoms with Crippen LogP contribution in [0.1, 0.15) is 11.1 Å². The highest BCUT2D eigenvalue weighted by atomic mass is 16.5. The van der Waals surface area contributed by atoms with Crippen molar-refractivity contribution in [2.24, 2.45) is 0 Å². The maximum absolute atomic E-state index is 12.1. The van der Waals surface area contributed by atoms with Gasteiger partial charge in [0, 0.05) is 17.4 Å². The van der Waals surface area contributed by atoms with Crippen LogP contribution in [0.15, 0.2) is 54.7 Å². The molecular formula is C19H19N3O2. The van der Waals surface area contributed by atoms with E-state index >= 15 is 0 Å². The van der Waals surface area contributed by atoms with Gasteiger partial charge in [0.05, 0.1) is 5.69 Å². The lowest BCUT2D eigenvalue weighted by Crippen LogP contribution is -2.20. The number of hydrogen-bond donors (Lipinski definition) is 2. The monoisotopic (exact) mass is 321 g/mol. The molecule has 2 N–H and O–H groups in total. The van der Waals surface area contributed by atoms with E-state index in [4.69, 9.17) is 4.74 Å². The summed E-state index contributed by atoms with van der Waals surface area (Å²) in [5.41, 5.74) is 4.91. The Balaban J connectivity index is 1.60. The number of nitrogens with one attached hydrogen (secondary N) is 2. The Morgan fingerprint density at radius 1 is 1.12 bits per heavy atom. The first-order valence-corrected chi connectivity index (χ1v) is 7.71. The zero-order chi connectivity index (χ0) is 16.9. The number of carbonyl (C=O) groups excluding carboxylic acids is 1. The van der Waals surface area contributed by atoms with Crippen molar-refractivity contribution in [3.8, 4) is 17.0 Å². The fourth-order valence-corrected chi connectivity index (χ4v) is 2.33. The first-order valence-electron chi connectivity index (χ1n) is 7.71. The largest absolute Gasteiger partial charge is 0.484 e. The number of anilines is 1. The van der Waals surface area contributed by atoms with Crippen LogP contribution < -0.4 is 10.1 Å². The van der Waals surface area contributed by atoms with Gasteiger partial charge < -0.3 is 10.1 Å². The quantitative estimate of drug-likeness (QED) is 0.753. The van der Waals surface area contributed by atoms with Gasteiger partial charge in [-0.15, -0.1) is 0 Å². The number of benzene rings is 2. The summed E-state index contributed by atoms with van der Waals surface area (Å²) in [6.45, 7) is 4.03. The van der Waals surface area contributed by atoms with Gasteiger partial charge in [-0.2, -0.15) is 5.10 Å². The van der Waals surface area contributed by atoms with E-state index < -0.39 is 0 Å². The number of ether oxygens (including phenoxy) is 1. The normalized spacial score (nSPS) is 10.4. The van der Waals surface area contributed by atoms with Gasteiger partial charge in [0.25, 0.3) is 5.91 Å². The summed E-state index contributed by atoms with van der Waals surface area (Å²) in [6, 6.07) is 15.2. The van der Waals surface area contributed by atoms with Crippen molar-refractivity contribution < 1.29 is 9.53 Å². The fraction of sp³-hybridized carbons (Fsp3) is 0.158. The molecule has 0 saturated carbocycles. The molecule has 0 spiro atoms. The molecule has 0 aliphatic heterocycles. The highest BCUT2D eigenvalue weighted by Gasteiger charge is 2.06. The van der Waals surface area contributed by atoms with Crippen LogP contribution in [0.25, 0.3) is 11.3 Å². The maximum Gasteiger partial charge on any atom is 0.262 e. The fourth-order valence-electron chi connectivity index (χ4n) is 2.33. The molecule has 0 atom stereocenters. The lowest BCUT2D eigenvalue weighted by molar-refractivity contribution is -0.118. The molecule has 0 bridgehead atoms. The molecule has 3 rings (SSSR count). The third-order valence-electron chi connectivity index (χ3n) is 3.81. The minimum absolute atomic E-state index is 0.0310. The van der Waals surface area contributed by atoms with E-state index in [0.717, 1.165) is 22.5 Å². The van der Waals surface area contributed by atoms with E-state index in [-0.39, 0.29) is 12.5 Å². The summed E-state index contributed by atoms with van der Waals surface area (Å²) in [5.74, 6) is 0.495. The van der Waals surface area contributed by atoms with Crippen molar-refractivity contribution in [1.29, 1.82) is 0 Å². The molecule has 0 radical (unpaired) electrons. The molecule has 0 unspecified atom stereocenters. The average Bonchev–Trinajstić information content (AvgIpc) is 3.11. The van der Waals surface area contributed by atoms with E-state index in [1.807, 2.05) is 62.4 Å². The van der Waals surface area contributed by atoms with Crippen molar-refractivity contribution in [3.05, 3.63) is 65.9 Å². The van der Waals surface area contributed by atoms with Gasteiger partial charge in [-0.05, 0) is 55.3 Å². The van der Waals surface area contributed by atoms with Crippen molar-refractivity contribution in [2.45, 2.75) is 13.8 Å². The van der Waals surface area contributed by atoms with Crippen molar-refractivity contribution in [3.63, 3.8) is 0 Å². The molecule has 0 fully saturated rings. The zero-order valence-electron chi connectivity index (χ0n) is 13.7. The van der Waals surface area contributed by atoms with Crippen LogP contribution in [0.4, 0.5) is 5.69 Å². The highest BCUT2D eigenvalue weighted by molar-refractivity contribution is 5.92. The number of H-pyrrole nitrogens is 1. The Kier molecular flexibility index (Phi) is 4.61. The smallest absolute Gasteiger partial charge is 0.262 e. The van der Waals surface area contributed by atoms with Crippen LogP contribution in [0, 0.1) is 13.8 Å². The van der Waals surface area contributed by atoms with Gasteiger partial charge in [-0.25, -0.2) is 0 Å². The van der Waals surface area contributed by atoms with Crippen molar-refractivity contribution in [1.82, 2.24) is 10.2 Å². The van der Waals surface area contributed by atoms with Gasteiger partial charge in [-0.3, -0.25) is 9.89 Å². The summed E-state index contributed by atoms with van der Waals surface area (Å²) < 4.78 is 5.55. The Morgan fingerprint density at radius 2 is 2.00 bits per heavy atom. The lowest BCUT2D eigenvalue weighted by atomic mass is 10.1. The van der Waals surface area contributed by atoms with Crippen LogP contribution in [0.5, 0.6) is 5.75 Å². The first-order chi connectivity index (χ1) is 11.6. The van der Waals surface area contributed by atoms with Crippen molar-refractivity contribution >= 4 is 11.6 Å². The number of nitrogens with zero attached hydrogens (tertiary/aromatic N) is 1. The minimum atomic E-state index is -0.199. The summed E-state index contributed by atoms with van der Waals surface area (Å²) in [5, 5.41) is 9.68. The van der Waals surface area contributed by atoms with E-state index in [1.165, 1.54) is 5.56 Å². The number of rotatable bonds is 5. The molecule has 0 aliphatic rings. The minimum Gasteiger partial charge on any atom is -0.484 e. The molecular weight excluding hydrogens is 302 g/mol. The zero-order valence-corrected chi connectivity index (χ0v) is 13.7. The van der Waals surface area contributed by atoms with E-state index in [0.29, 0.717) is 5.75 Å². The molecule has 0 aliphatic carbocycles. The summed E-state index contributed by atoms with van der Waals surface area (Å²) >= 11 is 0. The molecule has 122 valence electrons. The summed E-state index contributed by atoms with van der Waals surface area (Å²) in [4.78, 5) is 12.1. The van der Waals surface area contributed by atoms with Crippen LogP contribution >= 0.6 is 0 Å². The topological polar surface area (TPSA) is 67.0 Å². The van der Waals surface area contributed by atoms with Crippen LogP contribution in [-0.2, 0) is 4.79 Å². The second-order valence-electron chi connectivity index (χ2n) is 5.63. The van der Waals surface area contributed by atoms with Gasteiger partial charge in [0.2, 0.25) is 0 Å². The van der Waals surface area contributed by atoms with Gasteiger partial charge in [0.15, 0.2) is 6.61 Å². The van der Waals surface area contributed by atoms with Crippen molar-refractivity contribution in [2.75, 3.05) is 11.9 Å². The predicted octanol–water partition coefficient (Wildman–Crippen LogP) is 3.71. The Morgan fingerprint density at radius 3 is 2.75 bits per heavy atom. The number of aryl methyl sites for hydroxylation is 2. The molecule has 24 heavy (non-hydrogen) atoms. The molecule has 0 saturated heterocycles. The van der Waals surface area contributed by atoms with Gasteiger partial charge in [0.1, 0.15) is 5.75 Å². The Bertz CT molecular complexity index is 842. The summed E-state index contributed by atoms with van der Waals surface area (Å²) in [6.07, 6.45) is 1.69. The third-order valence-corrected chi connectivity index (χ3v) is 3.81. The molecule has 5 heteroatoms. The number of amides is 1. The molecule has 1 amide bonds. The van der Waals surface area contributed by atoms with Gasteiger partial charge in [-0.1, -0.05) is 18.2 Å². The van der Waals surface area contributed by atoms with Crippen LogP contribution in [-0.4, -0.2) is 22.7 Å². The number of aromatic nitrogens is 2. The van der Waals surface area contributed by atoms with E-state index in [9.17, 15) is 4.79 Å². The number of carbonyl (C=O) groups is 1. The first kappa shape index (κ1) is 15.8. The standard InChI is InChI=1S/C19H19N3O2/c1-13-6-7-17(10-14(13)2)24-12-19(23)21-16-5-3-4-15(11-16)18-8-9-20-22-18/h3-11H,12H2,1-2H3,(H,20,22)(H,21,23). The number of hydrogen-bond acceptors (Lipinski definition) is 3. The van der Waals surface area contributed by atoms with E-state index in [2.05, 4.69) is 15.5 Å². The second kappa shape index (κ2) is 7.00. The molecule has 5 nitrogen and oxygen atoms in total. The lowest BCUT2D eigenvalue weighted by Gasteiger charge is -2.09. The maximum atomic E-state index is 12.1.